The molecule has 1 aromatic rings. The van der Waals surface area contributed by atoms with E-state index in [9.17, 15) is 9.50 Å². The van der Waals surface area contributed by atoms with Crippen LogP contribution in [0.15, 0.2) is 24.3 Å². The predicted molar refractivity (Wildman–Crippen MR) is 61.5 cm³/mol. The van der Waals surface area contributed by atoms with Crippen molar-refractivity contribution >= 4 is 0 Å². The van der Waals surface area contributed by atoms with Gasteiger partial charge in [0, 0.05) is 13.1 Å². The van der Waals surface area contributed by atoms with Crippen LogP contribution in [0.5, 0.6) is 0 Å². The smallest absolute Gasteiger partial charge is 0.123 e. The maximum Gasteiger partial charge on any atom is 0.123 e. The minimum Gasteiger partial charge on any atom is -0.393 e. The van der Waals surface area contributed by atoms with Crippen LogP contribution in [0.3, 0.4) is 0 Å². The van der Waals surface area contributed by atoms with Crippen molar-refractivity contribution in [2.45, 2.75) is 31.9 Å². The topological polar surface area (TPSA) is 32.3 Å². The molecule has 0 amide bonds. The van der Waals surface area contributed by atoms with Gasteiger partial charge < -0.3 is 10.4 Å². The average Bonchev–Trinajstić information content (AvgIpc) is 2.65. The highest BCUT2D eigenvalue weighted by atomic mass is 19.1. The maximum absolute atomic E-state index is 12.9. The van der Waals surface area contributed by atoms with Crippen LogP contribution >= 0.6 is 0 Å². The number of aliphatic hydroxyl groups excluding tert-OH is 1. The third kappa shape index (κ3) is 3.03. The van der Waals surface area contributed by atoms with Crippen LogP contribution < -0.4 is 5.32 Å². The summed E-state index contributed by atoms with van der Waals surface area (Å²) < 4.78 is 12.9. The van der Waals surface area contributed by atoms with Gasteiger partial charge in [0.25, 0.3) is 0 Å². The van der Waals surface area contributed by atoms with Gasteiger partial charge in [-0.3, -0.25) is 0 Å². The van der Waals surface area contributed by atoms with Crippen molar-refractivity contribution in [3.8, 4) is 0 Å². The number of hydrogen-bond acceptors (Lipinski definition) is 2. The van der Waals surface area contributed by atoms with Gasteiger partial charge in [-0.15, -0.1) is 0 Å². The lowest BCUT2D eigenvalue weighted by Crippen LogP contribution is -2.27. The van der Waals surface area contributed by atoms with E-state index in [0.29, 0.717) is 12.5 Å². The lowest BCUT2D eigenvalue weighted by molar-refractivity contribution is 0.131. The highest BCUT2D eigenvalue weighted by Gasteiger charge is 2.24. The van der Waals surface area contributed by atoms with Crippen molar-refractivity contribution in [1.29, 1.82) is 0 Å². The predicted octanol–water partition coefficient (Wildman–Crippen LogP) is 2.08. The van der Waals surface area contributed by atoms with E-state index in [4.69, 9.17) is 0 Å². The molecule has 0 heterocycles. The van der Waals surface area contributed by atoms with Gasteiger partial charge in [-0.1, -0.05) is 18.6 Å². The summed E-state index contributed by atoms with van der Waals surface area (Å²) in [6.45, 7) is 1.48. The average molecular weight is 223 g/mol. The van der Waals surface area contributed by atoms with Gasteiger partial charge in [-0.2, -0.15) is 0 Å². The third-order valence-electron chi connectivity index (χ3n) is 3.24. The summed E-state index contributed by atoms with van der Waals surface area (Å²) in [5.41, 5.74) is 0.951. The van der Waals surface area contributed by atoms with E-state index in [-0.39, 0.29) is 11.9 Å². The summed E-state index contributed by atoms with van der Waals surface area (Å²) >= 11 is 0. The fraction of sp³-hybridized carbons (Fsp3) is 0.538. The van der Waals surface area contributed by atoms with Crippen LogP contribution in [0, 0.1) is 11.7 Å². The molecule has 0 bridgehead atoms. The van der Waals surface area contributed by atoms with E-state index in [1.807, 2.05) is 6.07 Å². The second-order valence-corrected chi connectivity index (χ2v) is 4.52. The Morgan fingerprint density at radius 1 is 1.38 bits per heavy atom. The van der Waals surface area contributed by atoms with E-state index in [1.54, 1.807) is 6.07 Å². The molecule has 16 heavy (non-hydrogen) atoms. The molecule has 2 nitrogen and oxygen atoms in total. The van der Waals surface area contributed by atoms with Gasteiger partial charge in [-0.05, 0) is 36.5 Å². The van der Waals surface area contributed by atoms with Gasteiger partial charge >= 0.3 is 0 Å². The Labute approximate surface area is 95.5 Å². The molecule has 1 aliphatic carbocycles. The Balaban J connectivity index is 1.75. The van der Waals surface area contributed by atoms with E-state index >= 15 is 0 Å². The van der Waals surface area contributed by atoms with Gasteiger partial charge in [0.05, 0.1) is 6.10 Å². The summed E-state index contributed by atoms with van der Waals surface area (Å²) in [6, 6.07) is 6.61. The first-order chi connectivity index (χ1) is 7.75. The van der Waals surface area contributed by atoms with Crippen LogP contribution in [0.2, 0.25) is 0 Å². The van der Waals surface area contributed by atoms with Crippen LogP contribution in [0.25, 0.3) is 0 Å². The maximum atomic E-state index is 12.9. The Morgan fingerprint density at radius 3 is 2.94 bits per heavy atom. The second-order valence-electron chi connectivity index (χ2n) is 4.52. The van der Waals surface area contributed by atoms with E-state index < -0.39 is 0 Å². The number of hydrogen-bond donors (Lipinski definition) is 2. The largest absolute Gasteiger partial charge is 0.393 e. The first kappa shape index (κ1) is 11.6. The molecule has 0 spiro atoms. The standard InChI is InChI=1S/C13H18FNO/c14-12-5-1-3-10(7-12)8-15-9-11-4-2-6-13(11)16/h1,3,5,7,11,13,15-16H,2,4,6,8-9H2. The molecule has 0 radical (unpaired) electrons. The summed E-state index contributed by atoms with van der Waals surface area (Å²) in [5, 5.41) is 12.9. The van der Waals surface area contributed by atoms with Gasteiger partial charge in [0.15, 0.2) is 0 Å². The van der Waals surface area contributed by atoms with Crippen molar-refractivity contribution in [2.75, 3.05) is 6.54 Å². The number of rotatable bonds is 4. The van der Waals surface area contributed by atoms with E-state index in [1.165, 1.54) is 12.1 Å². The minimum absolute atomic E-state index is 0.153. The lowest BCUT2D eigenvalue weighted by atomic mass is 10.1. The molecule has 2 N–H and O–H groups in total. The van der Waals surface area contributed by atoms with Gasteiger partial charge in [0.1, 0.15) is 5.82 Å². The number of benzene rings is 1. The molecule has 1 aliphatic rings. The fourth-order valence-electron chi connectivity index (χ4n) is 2.30. The second kappa shape index (κ2) is 5.41. The molecule has 2 rings (SSSR count). The number of nitrogens with one attached hydrogen (secondary N) is 1. The summed E-state index contributed by atoms with van der Waals surface area (Å²) in [7, 11) is 0. The molecule has 2 atom stereocenters. The fourth-order valence-corrected chi connectivity index (χ4v) is 2.30. The minimum atomic E-state index is -0.194. The monoisotopic (exact) mass is 223 g/mol. The van der Waals surface area contributed by atoms with Crippen molar-refractivity contribution in [1.82, 2.24) is 5.32 Å². The van der Waals surface area contributed by atoms with Crippen molar-refractivity contribution in [2.24, 2.45) is 5.92 Å². The summed E-state index contributed by atoms with van der Waals surface area (Å²) in [4.78, 5) is 0. The SMILES string of the molecule is OC1CCCC1CNCc1cccc(F)c1. The molecule has 2 unspecified atom stereocenters. The van der Waals surface area contributed by atoms with E-state index in [0.717, 1.165) is 31.4 Å². The molecule has 1 saturated carbocycles. The van der Waals surface area contributed by atoms with Gasteiger partial charge in [0.2, 0.25) is 0 Å². The molecule has 3 heteroatoms. The molecular weight excluding hydrogens is 205 g/mol. The first-order valence-corrected chi connectivity index (χ1v) is 5.89. The Morgan fingerprint density at radius 2 is 2.25 bits per heavy atom. The molecule has 1 fully saturated rings. The van der Waals surface area contributed by atoms with Crippen LogP contribution in [0.1, 0.15) is 24.8 Å². The van der Waals surface area contributed by atoms with Crippen molar-refractivity contribution in [3.05, 3.63) is 35.6 Å². The normalized spacial score (nSPS) is 24.9. The number of aliphatic hydroxyl groups is 1. The Bertz CT molecular complexity index is 342. The number of halogens is 1. The first-order valence-electron chi connectivity index (χ1n) is 5.89. The quantitative estimate of drug-likeness (QED) is 0.819. The molecular formula is C13H18FNO. The highest BCUT2D eigenvalue weighted by molar-refractivity contribution is 5.15. The zero-order valence-electron chi connectivity index (χ0n) is 9.32. The molecule has 0 aliphatic heterocycles. The zero-order chi connectivity index (χ0) is 11.4. The molecule has 0 saturated heterocycles. The summed E-state index contributed by atoms with van der Waals surface area (Å²) in [5.74, 6) is 0.175. The van der Waals surface area contributed by atoms with Crippen LogP contribution in [0.4, 0.5) is 4.39 Å². The van der Waals surface area contributed by atoms with Crippen molar-refractivity contribution < 1.29 is 9.50 Å². The molecule has 88 valence electrons. The highest BCUT2D eigenvalue weighted by Crippen LogP contribution is 2.24. The van der Waals surface area contributed by atoms with Crippen molar-refractivity contribution in [3.63, 3.8) is 0 Å². The van der Waals surface area contributed by atoms with Crippen LogP contribution in [-0.2, 0) is 6.54 Å². The zero-order valence-corrected chi connectivity index (χ0v) is 9.32. The van der Waals surface area contributed by atoms with Gasteiger partial charge in [-0.25, -0.2) is 4.39 Å². The Kier molecular flexibility index (Phi) is 3.91. The lowest BCUT2D eigenvalue weighted by Gasteiger charge is -2.15. The third-order valence-corrected chi connectivity index (χ3v) is 3.24. The Hall–Kier alpha value is -0.930. The van der Waals surface area contributed by atoms with E-state index in [2.05, 4.69) is 5.32 Å². The molecule has 1 aromatic carbocycles. The summed E-state index contributed by atoms with van der Waals surface area (Å²) in [6.07, 6.45) is 2.98. The molecule has 0 aromatic heterocycles. The van der Waals surface area contributed by atoms with Crippen LogP contribution in [-0.4, -0.2) is 17.8 Å².